The minimum absolute atomic E-state index is 1.02. The highest BCUT2D eigenvalue weighted by molar-refractivity contribution is 5.11. The highest BCUT2D eigenvalue weighted by Gasteiger charge is 1.97. The monoisotopic (exact) mass is 196 g/mol. The van der Waals surface area contributed by atoms with E-state index < -0.39 is 0 Å². The Morgan fingerprint density at radius 1 is 1.14 bits per heavy atom. The van der Waals surface area contributed by atoms with E-state index in [0.717, 1.165) is 18.8 Å². The number of allylic oxidation sites excluding steroid dienone is 2. The first-order chi connectivity index (χ1) is 6.57. The molecule has 0 rings (SSSR count). The van der Waals surface area contributed by atoms with Crippen molar-refractivity contribution in [2.75, 3.05) is 34.2 Å². The maximum Gasteiger partial charge on any atom is 0.0302 e. The standard InChI is InChI=1S/C10H20N2.C2H4/c1-6-7-10(2)12(5)9-8-11(3)4;1-2/h6-7H,2,8-9H2,1,3-5H3;1-2H2/b7-6-;. The summed E-state index contributed by atoms with van der Waals surface area (Å²) < 4.78 is 0. The average Bonchev–Trinajstić information content (AvgIpc) is 2.17. The van der Waals surface area contributed by atoms with Gasteiger partial charge in [0, 0.05) is 25.8 Å². The van der Waals surface area contributed by atoms with Crippen molar-refractivity contribution in [1.29, 1.82) is 0 Å². The van der Waals surface area contributed by atoms with Crippen molar-refractivity contribution in [1.82, 2.24) is 9.80 Å². The van der Waals surface area contributed by atoms with Crippen LogP contribution in [0.1, 0.15) is 6.92 Å². The third kappa shape index (κ3) is 9.07. The number of hydrogen-bond donors (Lipinski definition) is 0. The number of nitrogens with zero attached hydrogens (tertiary/aromatic N) is 2. The van der Waals surface area contributed by atoms with Gasteiger partial charge in [-0.25, -0.2) is 0 Å². The van der Waals surface area contributed by atoms with Crippen LogP contribution >= 0.6 is 0 Å². The molecular formula is C12H24N2. The van der Waals surface area contributed by atoms with Gasteiger partial charge in [0.05, 0.1) is 0 Å². The van der Waals surface area contributed by atoms with Crippen LogP contribution in [0, 0.1) is 0 Å². The Labute approximate surface area is 89.2 Å². The van der Waals surface area contributed by atoms with Crippen LogP contribution in [0.2, 0.25) is 0 Å². The summed E-state index contributed by atoms with van der Waals surface area (Å²) in [6.45, 7) is 14.0. The molecule has 0 unspecified atom stereocenters. The zero-order valence-corrected chi connectivity index (χ0v) is 10.1. The second-order valence-electron chi connectivity index (χ2n) is 3.22. The SMILES string of the molecule is C=C.C=C(/C=C\C)N(C)CCN(C)C. The molecule has 0 N–H and O–H groups in total. The van der Waals surface area contributed by atoms with Crippen molar-refractivity contribution in [2.24, 2.45) is 0 Å². The molecule has 0 atom stereocenters. The Balaban J connectivity index is 0. The summed E-state index contributed by atoms with van der Waals surface area (Å²) in [6, 6.07) is 0. The van der Waals surface area contributed by atoms with Crippen molar-refractivity contribution < 1.29 is 0 Å². The highest BCUT2D eigenvalue weighted by atomic mass is 15.2. The van der Waals surface area contributed by atoms with Crippen molar-refractivity contribution >= 4 is 0 Å². The Morgan fingerprint density at radius 2 is 1.64 bits per heavy atom. The molecule has 0 bridgehead atoms. The summed E-state index contributed by atoms with van der Waals surface area (Å²) in [7, 11) is 6.21. The molecular weight excluding hydrogens is 172 g/mol. The Bertz CT molecular complexity index is 171. The van der Waals surface area contributed by atoms with E-state index >= 15 is 0 Å². The van der Waals surface area contributed by atoms with Crippen molar-refractivity contribution in [3.05, 3.63) is 37.6 Å². The predicted octanol–water partition coefficient (Wildman–Crippen LogP) is 2.37. The third-order valence-electron chi connectivity index (χ3n) is 1.73. The summed E-state index contributed by atoms with van der Waals surface area (Å²) in [6.07, 6.45) is 4.03. The molecule has 14 heavy (non-hydrogen) atoms. The van der Waals surface area contributed by atoms with Gasteiger partial charge in [0.2, 0.25) is 0 Å². The topological polar surface area (TPSA) is 6.48 Å². The number of rotatable bonds is 5. The van der Waals surface area contributed by atoms with Gasteiger partial charge in [-0.05, 0) is 27.1 Å². The molecule has 0 aliphatic heterocycles. The van der Waals surface area contributed by atoms with E-state index in [-0.39, 0.29) is 0 Å². The molecule has 0 aliphatic carbocycles. The van der Waals surface area contributed by atoms with E-state index in [0.29, 0.717) is 0 Å². The fraction of sp³-hybridized carbons (Fsp3) is 0.500. The van der Waals surface area contributed by atoms with Gasteiger partial charge in [-0.2, -0.15) is 0 Å². The molecule has 0 aromatic heterocycles. The van der Waals surface area contributed by atoms with Crippen LogP contribution in [0.15, 0.2) is 37.6 Å². The second-order valence-corrected chi connectivity index (χ2v) is 3.22. The minimum atomic E-state index is 1.02. The molecule has 0 saturated heterocycles. The molecule has 0 aliphatic rings. The van der Waals surface area contributed by atoms with Gasteiger partial charge >= 0.3 is 0 Å². The first kappa shape index (κ1) is 15.5. The predicted molar refractivity (Wildman–Crippen MR) is 66.4 cm³/mol. The summed E-state index contributed by atoms with van der Waals surface area (Å²) in [5.41, 5.74) is 1.07. The lowest BCUT2D eigenvalue weighted by Gasteiger charge is -2.21. The highest BCUT2D eigenvalue weighted by Crippen LogP contribution is 1.99. The molecule has 0 aromatic rings. The van der Waals surface area contributed by atoms with Crippen LogP contribution in [0.5, 0.6) is 0 Å². The Hall–Kier alpha value is -1.02. The van der Waals surface area contributed by atoms with Crippen LogP contribution in [0.4, 0.5) is 0 Å². The van der Waals surface area contributed by atoms with E-state index in [9.17, 15) is 0 Å². The molecule has 0 spiro atoms. The van der Waals surface area contributed by atoms with Crippen LogP contribution in [-0.4, -0.2) is 44.0 Å². The van der Waals surface area contributed by atoms with Gasteiger partial charge in [-0.15, -0.1) is 13.2 Å². The van der Waals surface area contributed by atoms with E-state index in [1.807, 2.05) is 19.1 Å². The van der Waals surface area contributed by atoms with Gasteiger partial charge in [-0.1, -0.05) is 12.7 Å². The lowest BCUT2D eigenvalue weighted by atomic mass is 10.3. The molecule has 0 aromatic carbocycles. The van der Waals surface area contributed by atoms with E-state index in [1.54, 1.807) is 0 Å². The lowest BCUT2D eigenvalue weighted by Crippen LogP contribution is -2.27. The second kappa shape index (κ2) is 10.1. The smallest absolute Gasteiger partial charge is 0.0302 e. The molecule has 0 amide bonds. The summed E-state index contributed by atoms with van der Waals surface area (Å²) in [5, 5.41) is 0. The van der Waals surface area contributed by atoms with Gasteiger partial charge in [-0.3, -0.25) is 0 Å². The zero-order chi connectivity index (χ0) is 11.6. The summed E-state index contributed by atoms with van der Waals surface area (Å²) >= 11 is 0. The van der Waals surface area contributed by atoms with Crippen LogP contribution in [-0.2, 0) is 0 Å². The number of likely N-dealkylation sites (N-methyl/N-ethyl adjacent to an activating group) is 2. The molecule has 0 radical (unpaired) electrons. The molecule has 0 heterocycles. The maximum absolute atomic E-state index is 3.94. The largest absolute Gasteiger partial charge is 0.374 e. The molecule has 2 nitrogen and oxygen atoms in total. The first-order valence-corrected chi connectivity index (χ1v) is 4.75. The molecule has 2 heteroatoms. The van der Waals surface area contributed by atoms with Gasteiger partial charge < -0.3 is 9.80 Å². The minimum Gasteiger partial charge on any atom is -0.374 e. The number of hydrogen-bond acceptors (Lipinski definition) is 2. The van der Waals surface area contributed by atoms with E-state index in [1.165, 1.54) is 0 Å². The molecule has 82 valence electrons. The third-order valence-corrected chi connectivity index (χ3v) is 1.73. The van der Waals surface area contributed by atoms with Crippen LogP contribution in [0.25, 0.3) is 0 Å². The van der Waals surface area contributed by atoms with E-state index in [2.05, 4.69) is 50.7 Å². The summed E-state index contributed by atoms with van der Waals surface area (Å²) in [5.74, 6) is 0. The van der Waals surface area contributed by atoms with Crippen molar-refractivity contribution in [2.45, 2.75) is 6.92 Å². The van der Waals surface area contributed by atoms with Crippen molar-refractivity contribution in [3.63, 3.8) is 0 Å². The van der Waals surface area contributed by atoms with Gasteiger partial charge in [0.1, 0.15) is 0 Å². The van der Waals surface area contributed by atoms with Crippen LogP contribution in [0.3, 0.4) is 0 Å². The first-order valence-electron chi connectivity index (χ1n) is 4.75. The lowest BCUT2D eigenvalue weighted by molar-refractivity contribution is 0.331. The van der Waals surface area contributed by atoms with Crippen molar-refractivity contribution in [3.8, 4) is 0 Å². The van der Waals surface area contributed by atoms with E-state index in [4.69, 9.17) is 0 Å². The fourth-order valence-electron chi connectivity index (χ4n) is 0.813. The van der Waals surface area contributed by atoms with Gasteiger partial charge in [0.15, 0.2) is 0 Å². The normalized spacial score (nSPS) is 9.79. The zero-order valence-electron chi connectivity index (χ0n) is 10.1. The Kier molecular flexibility index (Phi) is 11.1. The fourth-order valence-corrected chi connectivity index (χ4v) is 0.813. The maximum atomic E-state index is 3.94. The van der Waals surface area contributed by atoms with Gasteiger partial charge in [0.25, 0.3) is 0 Å². The molecule has 0 fully saturated rings. The van der Waals surface area contributed by atoms with Crippen LogP contribution < -0.4 is 0 Å². The quantitative estimate of drug-likeness (QED) is 0.492. The Morgan fingerprint density at radius 3 is 2.00 bits per heavy atom. The average molecular weight is 196 g/mol. The summed E-state index contributed by atoms with van der Waals surface area (Å²) in [4.78, 5) is 4.32. The molecule has 0 saturated carbocycles.